The number of imidazole rings is 1. The molecule has 29 heavy (non-hydrogen) atoms. The lowest BCUT2D eigenvalue weighted by Crippen LogP contribution is -2.42. The van der Waals surface area contributed by atoms with E-state index >= 15 is 0 Å². The summed E-state index contributed by atoms with van der Waals surface area (Å²) in [7, 11) is 4.12. The number of nitrogens with one attached hydrogen (secondary N) is 1. The molecule has 1 fully saturated rings. The first-order valence-corrected chi connectivity index (χ1v) is 10.2. The fourth-order valence-corrected chi connectivity index (χ4v) is 4.06. The monoisotopic (exact) mass is 395 g/mol. The largest absolute Gasteiger partial charge is 0.381 e. The van der Waals surface area contributed by atoms with Crippen LogP contribution in [0.3, 0.4) is 0 Å². The molecule has 0 spiro atoms. The van der Waals surface area contributed by atoms with Gasteiger partial charge in [-0.3, -0.25) is 4.79 Å². The van der Waals surface area contributed by atoms with E-state index in [1.54, 1.807) is 0 Å². The standard InChI is InChI=1S/C22H29N5O2/c1-25(2)11-12-26-17-23-19-15-18(5-6-20(19)26)24-21(28)16-22(7-13-29-14-8-22)27-9-3-4-10-27/h3-6,9-10,15,17H,7-8,11-14,16H2,1-2H3,(H,24,28). The minimum Gasteiger partial charge on any atom is -0.381 e. The van der Waals surface area contributed by atoms with E-state index in [9.17, 15) is 4.79 Å². The molecule has 0 bridgehead atoms. The average Bonchev–Trinajstić information content (AvgIpc) is 3.37. The lowest BCUT2D eigenvalue weighted by Gasteiger charge is -2.38. The second-order valence-corrected chi connectivity index (χ2v) is 8.10. The summed E-state index contributed by atoms with van der Waals surface area (Å²) in [4.78, 5) is 19.6. The van der Waals surface area contributed by atoms with Crippen molar-refractivity contribution in [3.05, 3.63) is 49.1 Å². The van der Waals surface area contributed by atoms with E-state index in [0.29, 0.717) is 19.6 Å². The molecule has 1 N–H and O–H groups in total. The Morgan fingerprint density at radius 3 is 2.72 bits per heavy atom. The minimum absolute atomic E-state index is 0.0204. The van der Waals surface area contributed by atoms with E-state index in [4.69, 9.17) is 4.74 Å². The average molecular weight is 396 g/mol. The summed E-state index contributed by atoms with van der Waals surface area (Å²) in [5, 5.41) is 3.08. The molecule has 0 saturated carbocycles. The molecule has 7 heteroatoms. The Bertz CT molecular complexity index is 955. The minimum atomic E-state index is -0.219. The number of ether oxygens (including phenoxy) is 1. The number of rotatable bonds is 7. The molecule has 154 valence electrons. The molecule has 0 atom stereocenters. The van der Waals surface area contributed by atoms with Gasteiger partial charge < -0.3 is 24.1 Å². The number of anilines is 1. The Labute approximate surface area is 171 Å². The van der Waals surface area contributed by atoms with Crippen molar-refractivity contribution in [1.29, 1.82) is 0 Å². The van der Waals surface area contributed by atoms with Gasteiger partial charge in [0.15, 0.2) is 0 Å². The summed E-state index contributed by atoms with van der Waals surface area (Å²) in [5.74, 6) is 0.0204. The van der Waals surface area contributed by atoms with Crippen molar-refractivity contribution in [2.24, 2.45) is 0 Å². The molecular formula is C22H29N5O2. The number of carbonyl (C=O) groups is 1. The molecule has 0 aliphatic carbocycles. The molecule has 1 aliphatic rings. The number of aromatic nitrogens is 3. The van der Waals surface area contributed by atoms with Crippen LogP contribution in [0.4, 0.5) is 5.69 Å². The van der Waals surface area contributed by atoms with Gasteiger partial charge in [0.1, 0.15) is 0 Å². The van der Waals surface area contributed by atoms with Crippen LogP contribution in [0.1, 0.15) is 19.3 Å². The summed E-state index contributed by atoms with van der Waals surface area (Å²) in [6, 6.07) is 9.96. The first kappa shape index (κ1) is 19.7. The smallest absolute Gasteiger partial charge is 0.226 e. The number of hydrogen-bond donors (Lipinski definition) is 1. The Balaban J connectivity index is 1.47. The van der Waals surface area contributed by atoms with Gasteiger partial charge in [-0.2, -0.15) is 0 Å². The van der Waals surface area contributed by atoms with Crippen LogP contribution in [-0.4, -0.2) is 58.8 Å². The van der Waals surface area contributed by atoms with Crippen LogP contribution in [0.15, 0.2) is 49.1 Å². The van der Waals surface area contributed by atoms with E-state index in [-0.39, 0.29) is 11.4 Å². The van der Waals surface area contributed by atoms with Crippen molar-refractivity contribution in [3.63, 3.8) is 0 Å². The van der Waals surface area contributed by atoms with Gasteiger partial charge in [-0.25, -0.2) is 4.98 Å². The van der Waals surface area contributed by atoms with Crippen molar-refractivity contribution in [1.82, 2.24) is 19.0 Å². The van der Waals surface area contributed by atoms with Gasteiger partial charge in [0.2, 0.25) is 5.91 Å². The maximum Gasteiger partial charge on any atom is 0.226 e. The van der Waals surface area contributed by atoms with Gasteiger partial charge in [-0.05, 0) is 57.3 Å². The zero-order valence-corrected chi connectivity index (χ0v) is 17.2. The number of fused-ring (bicyclic) bond motifs is 1. The molecule has 0 radical (unpaired) electrons. The molecule has 1 aromatic carbocycles. The highest BCUT2D eigenvalue weighted by atomic mass is 16.5. The normalized spacial score (nSPS) is 16.4. The number of carbonyl (C=O) groups excluding carboxylic acids is 1. The Morgan fingerprint density at radius 1 is 1.24 bits per heavy atom. The predicted octanol–water partition coefficient (Wildman–Crippen LogP) is 2.93. The van der Waals surface area contributed by atoms with Crippen molar-refractivity contribution < 1.29 is 9.53 Å². The van der Waals surface area contributed by atoms with Crippen LogP contribution in [0.2, 0.25) is 0 Å². The fourth-order valence-electron chi connectivity index (χ4n) is 4.06. The van der Waals surface area contributed by atoms with Crippen LogP contribution in [0.5, 0.6) is 0 Å². The molecule has 3 heterocycles. The SMILES string of the molecule is CN(C)CCn1cnc2cc(NC(=O)CC3(n4cccc4)CCOCC3)ccc21. The lowest BCUT2D eigenvalue weighted by atomic mass is 9.86. The van der Waals surface area contributed by atoms with Gasteiger partial charge >= 0.3 is 0 Å². The Morgan fingerprint density at radius 2 is 2.00 bits per heavy atom. The van der Waals surface area contributed by atoms with Gasteiger partial charge in [0, 0.05) is 44.4 Å². The summed E-state index contributed by atoms with van der Waals surface area (Å²) in [6.07, 6.45) is 8.06. The summed E-state index contributed by atoms with van der Waals surface area (Å²) < 4.78 is 9.86. The van der Waals surface area contributed by atoms with E-state index in [1.807, 2.05) is 49.1 Å². The first-order valence-electron chi connectivity index (χ1n) is 10.2. The molecule has 3 aromatic rings. The van der Waals surface area contributed by atoms with Gasteiger partial charge in [-0.1, -0.05) is 0 Å². The maximum absolute atomic E-state index is 12.9. The molecule has 1 amide bonds. The van der Waals surface area contributed by atoms with Crippen molar-refractivity contribution >= 4 is 22.6 Å². The third-order valence-corrected chi connectivity index (χ3v) is 5.76. The summed E-state index contributed by atoms with van der Waals surface area (Å²) >= 11 is 0. The number of nitrogens with zero attached hydrogens (tertiary/aromatic N) is 4. The molecule has 4 rings (SSSR count). The highest BCUT2D eigenvalue weighted by molar-refractivity contribution is 5.93. The van der Waals surface area contributed by atoms with Gasteiger partial charge in [-0.15, -0.1) is 0 Å². The molecule has 1 saturated heterocycles. The molecular weight excluding hydrogens is 366 g/mol. The molecule has 0 unspecified atom stereocenters. The molecule has 1 aliphatic heterocycles. The number of benzene rings is 1. The summed E-state index contributed by atoms with van der Waals surface area (Å²) in [6.45, 7) is 3.20. The summed E-state index contributed by atoms with van der Waals surface area (Å²) in [5.41, 5.74) is 2.55. The van der Waals surface area contributed by atoms with Crippen LogP contribution in [0.25, 0.3) is 11.0 Å². The van der Waals surface area contributed by atoms with Gasteiger partial charge in [0.05, 0.1) is 29.3 Å². The number of amides is 1. The third-order valence-electron chi connectivity index (χ3n) is 5.76. The highest BCUT2D eigenvalue weighted by Gasteiger charge is 2.36. The highest BCUT2D eigenvalue weighted by Crippen LogP contribution is 2.33. The first-order chi connectivity index (χ1) is 14.1. The third kappa shape index (κ3) is 4.36. The molecule has 2 aromatic heterocycles. The zero-order chi connectivity index (χ0) is 20.3. The second-order valence-electron chi connectivity index (χ2n) is 8.10. The van der Waals surface area contributed by atoms with Crippen LogP contribution < -0.4 is 5.32 Å². The van der Waals surface area contributed by atoms with Crippen LogP contribution in [-0.2, 0) is 21.6 Å². The van der Waals surface area contributed by atoms with Crippen LogP contribution >= 0.6 is 0 Å². The number of likely N-dealkylation sites (N-methyl/N-ethyl adjacent to an activating group) is 1. The Hall–Kier alpha value is -2.64. The van der Waals surface area contributed by atoms with E-state index in [2.05, 4.69) is 38.4 Å². The van der Waals surface area contributed by atoms with E-state index < -0.39 is 0 Å². The second kappa shape index (κ2) is 8.39. The zero-order valence-electron chi connectivity index (χ0n) is 17.2. The number of hydrogen-bond acceptors (Lipinski definition) is 4. The maximum atomic E-state index is 12.9. The van der Waals surface area contributed by atoms with Crippen molar-refractivity contribution in [2.45, 2.75) is 31.3 Å². The van der Waals surface area contributed by atoms with Gasteiger partial charge in [0.25, 0.3) is 0 Å². The van der Waals surface area contributed by atoms with E-state index in [1.165, 1.54) is 0 Å². The van der Waals surface area contributed by atoms with Crippen LogP contribution in [0, 0.1) is 0 Å². The Kier molecular flexibility index (Phi) is 5.69. The van der Waals surface area contributed by atoms with E-state index in [0.717, 1.165) is 42.7 Å². The van der Waals surface area contributed by atoms with Crippen molar-refractivity contribution in [2.75, 3.05) is 39.2 Å². The predicted molar refractivity (Wildman–Crippen MR) is 114 cm³/mol. The quantitative estimate of drug-likeness (QED) is 0.668. The fraction of sp³-hybridized carbons (Fsp3) is 0.455. The molecule has 7 nitrogen and oxygen atoms in total. The topological polar surface area (TPSA) is 64.3 Å². The van der Waals surface area contributed by atoms with Crippen molar-refractivity contribution in [3.8, 4) is 0 Å². The lowest BCUT2D eigenvalue weighted by molar-refractivity contribution is -0.119.